The number of pyridine rings is 1. The van der Waals surface area contributed by atoms with Gasteiger partial charge >= 0.3 is 0 Å². The smallest absolute Gasteiger partial charge is 0.171 e. The lowest BCUT2D eigenvalue weighted by atomic mass is 9.96. The van der Waals surface area contributed by atoms with Crippen LogP contribution in [0.1, 0.15) is 0 Å². The zero-order chi connectivity index (χ0) is 33.9. The highest BCUT2D eigenvalue weighted by Crippen LogP contribution is 2.43. The number of nitrogens with zero attached hydrogens (tertiary/aromatic N) is 2. The molecule has 8 aromatic carbocycles. The van der Waals surface area contributed by atoms with Gasteiger partial charge in [-0.05, 0) is 74.8 Å². The fourth-order valence-corrected chi connectivity index (χ4v) is 10.3. The number of rotatable bonds is 5. The van der Waals surface area contributed by atoms with Crippen LogP contribution in [0.3, 0.4) is 0 Å². The van der Waals surface area contributed by atoms with E-state index >= 15 is 0 Å². The Morgan fingerprint density at radius 2 is 0.882 bits per heavy atom. The maximum atomic E-state index is 14.8. The number of benzene rings is 8. The topological polar surface area (TPSA) is 34.4 Å². The largest absolute Gasteiger partial charge is 0.309 e. The SMILES string of the molecule is O=P(c1ccccc1)(c1ccccc1)c1ccc(-c2ccc(-c3ccc4c(c3)c3cc5ccccc5cc3c3nc5ccccc5n43)cc2)cc1. The molecule has 0 aliphatic carbocycles. The standard InChI is InChI=1S/C47H31N2OP/c50-51(38-13-3-1-4-14-38,39-15-5-2-6-16-39)40-26-23-33(24-27-40)32-19-21-34(22-20-32)37-25-28-45-42(30-37)41-29-35-11-7-8-12-36(35)31-43(41)47-48-44-17-9-10-18-46(44)49(45)47/h1-31H. The third-order valence-electron chi connectivity index (χ3n) is 10.2. The quantitative estimate of drug-likeness (QED) is 0.104. The van der Waals surface area contributed by atoms with Gasteiger partial charge in [-0.15, -0.1) is 0 Å². The van der Waals surface area contributed by atoms with Crippen molar-refractivity contribution in [2.45, 2.75) is 0 Å². The summed E-state index contributed by atoms with van der Waals surface area (Å²) in [5.41, 5.74) is 8.75. The molecule has 0 radical (unpaired) electrons. The van der Waals surface area contributed by atoms with E-state index in [1.165, 1.54) is 21.5 Å². The van der Waals surface area contributed by atoms with Gasteiger partial charge in [-0.3, -0.25) is 4.40 Å². The molecule has 240 valence electrons. The molecule has 0 fully saturated rings. The van der Waals surface area contributed by atoms with Crippen molar-refractivity contribution in [3.8, 4) is 22.3 Å². The van der Waals surface area contributed by atoms with Crippen molar-refractivity contribution in [3.05, 3.63) is 188 Å². The Bertz CT molecular complexity index is 2920. The number of aromatic nitrogens is 2. The van der Waals surface area contributed by atoms with Gasteiger partial charge in [0, 0.05) is 26.7 Å². The Balaban J connectivity index is 1.06. The summed E-state index contributed by atoms with van der Waals surface area (Å²) in [6.45, 7) is 0. The van der Waals surface area contributed by atoms with E-state index in [-0.39, 0.29) is 0 Å². The molecule has 4 heteroatoms. The van der Waals surface area contributed by atoms with Crippen LogP contribution < -0.4 is 15.9 Å². The molecule has 0 aliphatic heterocycles. The Hall–Kier alpha value is -6.28. The average molecular weight is 671 g/mol. The van der Waals surface area contributed by atoms with Gasteiger partial charge in [0.25, 0.3) is 0 Å². The number of para-hydroxylation sites is 2. The Kier molecular flexibility index (Phi) is 6.77. The van der Waals surface area contributed by atoms with E-state index in [1.54, 1.807) is 0 Å². The molecule has 0 spiro atoms. The van der Waals surface area contributed by atoms with Gasteiger partial charge in [0.05, 0.1) is 16.6 Å². The average Bonchev–Trinajstić information content (AvgIpc) is 3.61. The molecule has 0 saturated heterocycles. The Morgan fingerprint density at radius 3 is 1.53 bits per heavy atom. The maximum absolute atomic E-state index is 14.8. The molecule has 0 amide bonds. The van der Waals surface area contributed by atoms with Crippen LogP contribution in [0.25, 0.3) is 71.4 Å². The lowest BCUT2D eigenvalue weighted by molar-refractivity contribution is 0.592. The van der Waals surface area contributed by atoms with E-state index in [0.717, 1.165) is 65.8 Å². The lowest BCUT2D eigenvalue weighted by Gasteiger charge is -2.20. The molecular weight excluding hydrogens is 640 g/mol. The molecule has 10 aromatic rings. The molecule has 0 bridgehead atoms. The Labute approximate surface area is 295 Å². The number of imidazole rings is 1. The molecule has 10 rings (SSSR count). The van der Waals surface area contributed by atoms with Crippen LogP contribution in [-0.4, -0.2) is 9.38 Å². The fourth-order valence-electron chi connectivity index (χ4n) is 7.67. The molecule has 2 heterocycles. The number of hydrogen-bond acceptors (Lipinski definition) is 2. The molecule has 0 N–H and O–H groups in total. The van der Waals surface area contributed by atoms with Crippen molar-refractivity contribution < 1.29 is 4.57 Å². The van der Waals surface area contributed by atoms with Crippen LogP contribution >= 0.6 is 7.14 Å². The zero-order valence-electron chi connectivity index (χ0n) is 27.6. The van der Waals surface area contributed by atoms with Gasteiger partial charge in [0.15, 0.2) is 7.14 Å². The normalized spacial score (nSPS) is 12.0. The minimum atomic E-state index is -3.02. The van der Waals surface area contributed by atoms with Crippen molar-refractivity contribution in [1.82, 2.24) is 9.38 Å². The van der Waals surface area contributed by atoms with E-state index in [1.807, 2.05) is 72.8 Å². The van der Waals surface area contributed by atoms with E-state index < -0.39 is 7.14 Å². The highest BCUT2D eigenvalue weighted by molar-refractivity contribution is 7.85. The van der Waals surface area contributed by atoms with Gasteiger partial charge in [-0.25, -0.2) is 4.98 Å². The minimum absolute atomic E-state index is 0.830. The van der Waals surface area contributed by atoms with Crippen molar-refractivity contribution in [2.24, 2.45) is 0 Å². The van der Waals surface area contributed by atoms with Crippen molar-refractivity contribution >= 4 is 72.2 Å². The summed E-state index contributed by atoms with van der Waals surface area (Å²) in [6.07, 6.45) is 0. The molecule has 0 saturated carbocycles. The summed E-state index contributed by atoms with van der Waals surface area (Å²) in [7, 11) is -3.02. The van der Waals surface area contributed by atoms with Crippen LogP contribution in [0.5, 0.6) is 0 Å². The number of fused-ring (bicyclic) bond motifs is 9. The first-order valence-corrected chi connectivity index (χ1v) is 18.9. The van der Waals surface area contributed by atoms with Gasteiger partial charge in [-0.2, -0.15) is 0 Å². The second-order valence-corrected chi connectivity index (χ2v) is 15.9. The zero-order valence-corrected chi connectivity index (χ0v) is 28.5. The summed E-state index contributed by atoms with van der Waals surface area (Å²) in [5.74, 6) is 0. The molecule has 0 atom stereocenters. The predicted molar refractivity (Wildman–Crippen MR) is 215 cm³/mol. The first kappa shape index (κ1) is 29.6. The van der Waals surface area contributed by atoms with Gasteiger partial charge < -0.3 is 4.57 Å². The second kappa shape index (κ2) is 11.7. The summed E-state index contributed by atoms with van der Waals surface area (Å²) < 4.78 is 17.1. The monoisotopic (exact) mass is 670 g/mol. The fraction of sp³-hybridized carbons (Fsp3) is 0. The summed E-state index contributed by atoms with van der Waals surface area (Å²) >= 11 is 0. The third-order valence-corrected chi connectivity index (χ3v) is 13.3. The highest BCUT2D eigenvalue weighted by atomic mass is 31.2. The van der Waals surface area contributed by atoms with Gasteiger partial charge in [0.1, 0.15) is 5.65 Å². The minimum Gasteiger partial charge on any atom is -0.309 e. The molecular formula is C47H31N2OP. The van der Waals surface area contributed by atoms with Gasteiger partial charge in [-0.1, -0.05) is 152 Å². The highest BCUT2D eigenvalue weighted by Gasteiger charge is 2.29. The first-order chi connectivity index (χ1) is 25.1. The first-order valence-electron chi connectivity index (χ1n) is 17.2. The predicted octanol–water partition coefficient (Wildman–Crippen LogP) is 10.9. The molecule has 0 unspecified atom stereocenters. The molecule has 2 aromatic heterocycles. The van der Waals surface area contributed by atoms with E-state index in [9.17, 15) is 4.57 Å². The summed E-state index contributed by atoms with van der Waals surface area (Å²) in [5, 5.41) is 8.49. The van der Waals surface area contributed by atoms with Crippen molar-refractivity contribution in [2.75, 3.05) is 0 Å². The summed E-state index contributed by atoms with van der Waals surface area (Å²) in [4.78, 5) is 5.12. The van der Waals surface area contributed by atoms with Crippen LogP contribution in [-0.2, 0) is 4.57 Å². The maximum Gasteiger partial charge on any atom is 0.171 e. The van der Waals surface area contributed by atoms with Crippen molar-refractivity contribution in [1.29, 1.82) is 0 Å². The van der Waals surface area contributed by atoms with E-state index in [2.05, 4.69) is 120 Å². The molecule has 51 heavy (non-hydrogen) atoms. The number of hydrogen-bond donors (Lipinski definition) is 0. The summed E-state index contributed by atoms with van der Waals surface area (Å²) in [6, 6.07) is 65.0. The van der Waals surface area contributed by atoms with Crippen LogP contribution in [0.15, 0.2) is 188 Å². The molecule has 0 aliphatic rings. The lowest BCUT2D eigenvalue weighted by Crippen LogP contribution is -2.24. The third kappa shape index (κ3) is 4.74. The second-order valence-electron chi connectivity index (χ2n) is 13.1. The van der Waals surface area contributed by atoms with E-state index in [4.69, 9.17) is 4.98 Å². The van der Waals surface area contributed by atoms with Crippen LogP contribution in [0.2, 0.25) is 0 Å². The van der Waals surface area contributed by atoms with Crippen LogP contribution in [0.4, 0.5) is 0 Å². The van der Waals surface area contributed by atoms with Gasteiger partial charge in [0.2, 0.25) is 0 Å². The molecule has 3 nitrogen and oxygen atoms in total. The van der Waals surface area contributed by atoms with Crippen molar-refractivity contribution in [3.63, 3.8) is 0 Å². The van der Waals surface area contributed by atoms with E-state index in [0.29, 0.717) is 0 Å². The van der Waals surface area contributed by atoms with Crippen LogP contribution in [0, 0.1) is 0 Å². The Morgan fingerprint density at radius 1 is 0.392 bits per heavy atom.